The summed E-state index contributed by atoms with van der Waals surface area (Å²) in [5.74, 6) is 0.986. The zero-order chi connectivity index (χ0) is 11.2. The van der Waals surface area contributed by atoms with Gasteiger partial charge < -0.3 is 10.3 Å². The Bertz CT molecular complexity index is 431. The minimum absolute atomic E-state index is 0.918. The number of nitrogens with zero attached hydrogens (tertiary/aromatic N) is 1. The fraction of sp³-hybridized carbons (Fsp3) is 0.182. The predicted octanol–water partition coefficient (Wildman–Crippen LogP) is 3.38. The van der Waals surface area contributed by atoms with Gasteiger partial charge in [-0.15, -0.1) is 0 Å². The highest BCUT2D eigenvalue weighted by molar-refractivity contribution is 9.10. The molecule has 1 heterocycles. The van der Waals surface area contributed by atoms with Gasteiger partial charge in [0.15, 0.2) is 5.16 Å². The second-order valence-corrected chi connectivity index (χ2v) is 5.18. The van der Waals surface area contributed by atoms with Crippen molar-refractivity contribution in [3.63, 3.8) is 0 Å². The quantitative estimate of drug-likeness (QED) is 0.657. The van der Waals surface area contributed by atoms with E-state index < -0.39 is 0 Å². The number of thioether (sulfide) groups is 1. The summed E-state index contributed by atoms with van der Waals surface area (Å²) in [6, 6.07) is 8.16. The highest BCUT2D eigenvalue weighted by Crippen LogP contribution is 2.16. The van der Waals surface area contributed by atoms with Crippen LogP contribution in [0.2, 0.25) is 0 Å². The molecule has 0 bridgehead atoms. The summed E-state index contributed by atoms with van der Waals surface area (Å²) in [6.07, 6.45) is 3.61. The molecule has 0 saturated heterocycles. The summed E-state index contributed by atoms with van der Waals surface area (Å²) >= 11 is 5.15. The molecule has 0 amide bonds. The van der Waals surface area contributed by atoms with Crippen molar-refractivity contribution in [2.45, 2.75) is 5.16 Å². The molecule has 5 heteroatoms. The topological polar surface area (TPSA) is 40.7 Å². The van der Waals surface area contributed by atoms with E-state index in [4.69, 9.17) is 0 Å². The number of hydrogen-bond acceptors (Lipinski definition) is 3. The maximum absolute atomic E-state index is 4.15. The van der Waals surface area contributed by atoms with Crippen molar-refractivity contribution < 1.29 is 0 Å². The van der Waals surface area contributed by atoms with Crippen LogP contribution in [-0.4, -0.2) is 22.3 Å². The van der Waals surface area contributed by atoms with Crippen LogP contribution >= 0.6 is 27.7 Å². The Hall–Kier alpha value is -0.940. The van der Waals surface area contributed by atoms with Crippen LogP contribution in [0.3, 0.4) is 0 Å². The normalized spacial score (nSPS) is 10.3. The number of rotatable bonds is 5. The Balaban J connectivity index is 1.72. The fourth-order valence-corrected chi connectivity index (χ4v) is 2.35. The maximum atomic E-state index is 4.15. The number of halogens is 1. The van der Waals surface area contributed by atoms with Gasteiger partial charge in [-0.2, -0.15) is 0 Å². The van der Waals surface area contributed by atoms with Gasteiger partial charge in [0, 0.05) is 34.9 Å². The van der Waals surface area contributed by atoms with E-state index in [9.17, 15) is 0 Å². The summed E-state index contributed by atoms with van der Waals surface area (Å²) in [5, 5.41) is 4.32. The van der Waals surface area contributed by atoms with Gasteiger partial charge >= 0.3 is 0 Å². The van der Waals surface area contributed by atoms with Gasteiger partial charge in [-0.25, -0.2) is 4.98 Å². The number of benzene rings is 1. The Morgan fingerprint density at radius 2 is 2.38 bits per heavy atom. The summed E-state index contributed by atoms with van der Waals surface area (Å²) in [4.78, 5) is 7.21. The van der Waals surface area contributed by atoms with Crippen molar-refractivity contribution in [2.75, 3.05) is 17.6 Å². The Morgan fingerprint density at radius 1 is 1.44 bits per heavy atom. The third-order valence-corrected chi connectivity index (χ3v) is 3.37. The Morgan fingerprint density at radius 3 is 3.12 bits per heavy atom. The first-order chi connectivity index (χ1) is 7.84. The monoisotopic (exact) mass is 297 g/mol. The van der Waals surface area contributed by atoms with Crippen LogP contribution in [0.15, 0.2) is 46.3 Å². The molecule has 2 N–H and O–H groups in total. The van der Waals surface area contributed by atoms with Crippen LogP contribution in [0.1, 0.15) is 0 Å². The SMILES string of the molecule is Brc1cccc(NCCSc2ncc[nH]2)c1. The summed E-state index contributed by atoms with van der Waals surface area (Å²) in [5.41, 5.74) is 1.13. The lowest BCUT2D eigenvalue weighted by molar-refractivity contribution is 1.05. The molecule has 0 saturated carbocycles. The third kappa shape index (κ3) is 3.57. The van der Waals surface area contributed by atoms with Gasteiger partial charge in [0.2, 0.25) is 0 Å². The molecule has 16 heavy (non-hydrogen) atoms. The van der Waals surface area contributed by atoms with Gasteiger partial charge in [-0.1, -0.05) is 33.8 Å². The fourth-order valence-electron chi connectivity index (χ4n) is 1.27. The maximum Gasteiger partial charge on any atom is 0.165 e. The van der Waals surface area contributed by atoms with Crippen LogP contribution in [0, 0.1) is 0 Å². The molecule has 0 radical (unpaired) electrons. The van der Waals surface area contributed by atoms with E-state index in [0.717, 1.165) is 27.6 Å². The third-order valence-electron chi connectivity index (χ3n) is 1.97. The van der Waals surface area contributed by atoms with E-state index in [1.807, 2.05) is 18.3 Å². The van der Waals surface area contributed by atoms with Gasteiger partial charge in [0.05, 0.1) is 0 Å². The summed E-state index contributed by atoms with van der Waals surface area (Å²) < 4.78 is 1.09. The molecule has 0 spiro atoms. The number of hydrogen-bond donors (Lipinski definition) is 2. The molecule has 2 rings (SSSR count). The average molecular weight is 298 g/mol. The minimum Gasteiger partial charge on any atom is -0.384 e. The van der Waals surface area contributed by atoms with E-state index in [2.05, 4.69) is 43.3 Å². The highest BCUT2D eigenvalue weighted by Gasteiger charge is 1.96. The number of nitrogens with one attached hydrogen (secondary N) is 2. The largest absolute Gasteiger partial charge is 0.384 e. The smallest absolute Gasteiger partial charge is 0.165 e. The molecule has 84 valence electrons. The lowest BCUT2D eigenvalue weighted by Gasteiger charge is -2.05. The molecule has 2 aromatic rings. The number of imidazole rings is 1. The molecule has 0 unspecified atom stereocenters. The second-order valence-electron chi connectivity index (χ2n) is 3.18. The number of aromatic nitrogens is 2. The van der Waals surface area contributed by atoms with Gasteiger partial charge in [0.25, 0.3) is 0 Å². The van der Waals surface area contributed by atoms with Crippen LogP contribution in [0.5, 0.6) is 0 Å². The first kappa shape index (κ1) is 11.5. The van der Waals surface area contributed by atoms with E-state index in [1.165, 1.54) is 0 Å². The van der Waals surface area contributed by atoms with Crippen molar-refractivity contribution in [1.82, 2.24) is 9.97 Å². The zero-order valence-corrected chi connectivity index (χ0v) is 11.0. The first-order valence-electron chi connectivity index (χ1n) is 4.96. The average Bonchev–Trinajstić information content (AvgIpc) is 2.77. The molecule has 1 aromatic heterocycles. The molecule has 0 aliphatic carbocycles. The molecular weight excluding hydrogens is 286 g/mol. The summed E-state index contributed by atoms with van der Waals surface area (Å²) in [6.45, 7) is 0.918. The van der Waals surface area contributed by atoms with Crippen molar-refractivity contribution in [3.05, 3.63) is 41.1 Å². The molecule has 0 aliphatic heterocycles. The van der Waals surface area contributed by atoms with E-state index >= 15 is 0 Å². The molecule has 0 fully saturated rings. The Labute approximate surface area is 107 Å². The van der Waals surface area contributed by atoms with Crippen molar-refractivity contribution >= 4 is 33.4 Å². The molecule has 0 aliphatic rings. The van der Waals surface area contributed by atoms with Gasteiger partial charge in [-0.05, 0) is 18.2 Å². The minimum atomic E-state index is 0.918. The van der Waals surface area contributed by atoms with E-state index in [1.54, 1.807) is 18.0 Å². The lowest BCUT2D eigenvalue weighted by atomic mass is 10.3. The molecular formula is C11H12BrN3S. The van der Waals surface area contributed by atoms with Crippen molar-refractivity contribution in [2.24, 2.45) is 0 Å². The van der Waals surface area contributed by atoms with Crippen LogP contribution in [0.25, 0.3) is 0 Å². The zero-order valence-electron chi connectivity index (χ0n) is 8.61. The van der Waals surface area contributed by atoms with Crippen molar-refractivity contribution in [1.29, 1.82) is 0 Å². The van der Waals surface area contributed by atoms with Gasteiger partial charge in [-0.3, -0.25) is 0 Å². The highest BCUT2D eigenvalue weighted by atomic mass is 79.9. The van der Waals surface area contributed by atoms with Crippen molar-refractivity contribution in [3.8, 4) is 0 Å². The lowest BCUT2D eigenvalue weighted by Crippen LogP contribution is -2.03. The molecule has 3 nitrogen and oxygen atoms in total. The van der Waals surface area contributed by atoms with Crippen LogP contribution < -0.4 is 5.32 Å². The summed E-state index contributed by atoms with van der Waals surface area (Å²) in [7, 11) is 0. The van der Waals surface area contributed by atoms with Crippen LogP contribution in [0.4, 0.5) is 5.69 Å². The standard InChI is InChI=1S/C11H12BrN3S/c12-9-2-1-3-10(8-9)13-6-7-16-11-14-4-5-15-11/h1-5,8,13H,6-7H2,(H,14,15). The predicted molar refractivity (Wildman–Crippen MR) is 71.9 cm³/mol. The number of H-pyrrole nitrogens is 1. The van der Waals surface area contributed by atoms with E-state index in [-0.39, 0.29) is 0 Å². The van der Waals surface area contributed by atoms with E-state index in [0.29, 0.717) is 0 Å². The van der Waals surface area contributed by atoms with Crippen LogP contribution in [-0.2, 0) is 0 Å². The number of aromatic amines is 1. The Kier molecular flexibility index (Phi) is 4.30. The first-order valence-corrected chi connectivity index (χ1v) is 6.74. The number of anilines is 1. The molecule has 0 atom stereocenters. The van der Waals surface area contributed by atoms with Gasteiger partial charge in [0.1, 0.15) is 0 Å². The second kappa shape index (κ2) is 5.96. The molecule has 1 aromatic carbocycles.